The molecule has 1 aromatic heterocycles. The number of amides is 1. The Morgan fingerprint density at radius 3 is 2.55 bits per heavy atom. The molecule has 1 amide bonds. The molecule has 2 heterocycles. The van der Waals surface area contributed by atoms with E-state index in [2.05, 4.69) is 31.1 Å². The first-order valence-electron chi connectivity index (χ1n) is 7.53. The van der Waals surface area contributed by atoms with Crippen LogP contribution in [0.25, 0.3) is 0 Å². The van der Waals surface area contributed by atoms with Crippen molar-refractivity contribution in [3.63, 3.8) is 0 Å². The fourth-order valence-corrected chi connectivity index (χ4v) is 2.61. The monoisotopic (exact) mass is 371 g/mol. The summed E-state index contributed by atoms with van der Waals surface area (Å²) >= 11 is 3.36. The van der Waals surface area contributed by atoms with E-state index < -0.39 is 11.1 Å². The average Bonchev–Trinajstić information content (AvgIpc) is 2.46. The molecule has 6 heteroatoms. The highest BCUT2D eigenvalue weighted by atomic mass is 79.9. The maximum atomic E-state index is 14.8. The number of rotatable bonds is 3. The molecular weight excluding hydrogens is 349 g/mol. The van der Waals surface area contributed by atoms with Crippen molar-refractivity contribution < 1.29 is 9.18 Å². The van der Waals surface area contributed by atoms with Crippen molar-refractivity contribution in [2.45, 2.75) is 39.3 Å². The van der Waals surface area contributed by atoms with Gasteiger partial charge >= 0.3 is 0 Å². The molecule has 4 nitrogen and oxygen atoms in total. The highest BCUT2D eigenvalue weighted by Crippen LogP contribution is 2.29. The number of pyridine rings is 1. The number of carbonyl (C=O) groups excluding carboxylic acids is 1. The van der Waals surface area contributed by atoms with E-state index in [1.807, 2.05) is 32.9 Å². The van der Waals surface area contributed by atoms with Crippen LogP contribution in [0.1, 0.15) is 33.6 Å². The molecule has 122 valence electrons. The Balaban J connectivity index is 1.88. The third-order valence-electron chi connectivity index (χ3n) is 3.94. The van der Waals surface area contributed by atoms with E-state index in [9.17, 15) is 9.18 Å². The quantitative estimate of drug-likeness (QED) is 0.886. The Labute approximate surface area is 139 Å². The molecule has 0 aromatic carbocycles. The first kappa shape index (κ1) is 17.2. The molecule has 2 rings (SSSR count). The van der Waals surface area contributed by atoms with Crippen LogP contribution in [0.5, 0.6) is 0 Å². The van der Waals surface area contributed by atoms with E-state index in [4.69, 9.17) is 0 Å². The second-order valence-electron chi connectivity index (χ2n) is 6.91. The van der Waals surface area contributed by atoms with Crippen molar-refractivity contribution in [2.24, 2.45) is 5.41 Å². The number of anilines is 1. The molecular formula is C16H23BrFN3O. The van der Waals surface area contributed by atoms with Crippen LogP contribution in [-0.2, 0) is 4.79 Å². The maximum Gasteiger partial charge on any atom is 0.225 e. The van der Waals surface area contributed by atoms with Gasteiger partial charge in [0.1, 0.15) is 11.5 Å². The fourth-order valence-electron chi connectivity index (χ4n) is 2.37. The van der Waals surface area contributed by atoms with Gasteiger partial charge in [0, 0.05) is 42.0 Å². The number of carbonyl (C=O) groups is 1. The van der Waals surface area contributed by atoms with Crippen LogP contribution in [0, 0.1) is 5.41 Å². The van der Waals surface area contributed by atoms with Gasteiger partial charge in [-0.05, 0) is 28.1 Å². The van der Waals surface area contributed by atoms with E-state index in [-0.39, 0.29) is 12.5 Å². The Kier molecular flexibility index (Phi) is 5.10. The number of halogens is 2. The van der Waals surface area contributed by atoms with Gasteiger partial charge in [0.15, 0.2) is 0 Å². The molecule has 0 unspecified atom stereocenters. The summed E-state index contributed by atoms with van der Waals surface area (Å²) in [5, 5.41) is 2.74. The summed E-state index contributed by atoms with van der Waals surface area (Å²) in [5.74, 6) is 0.755. The van der Waals surface area contributed by atoms with Crippen LogP contribution in [0.4, 0.5) is 10.2 Å². The van der Waals surface area contributed by atoms with Gasteiger partial charge < -0.3 is 10.2 Å². The van der Waals surface area contributed by atoms with Gasteiger partial charge in [0.05, 0.1) is 6.54 Å². The summed E-state index contributed by atoms with van der Waals surface area (Å²) in [6.07, 6.45) is 2.54. The topological polar surface area (TPSA) is 45.2 Å². The van der Waals surface area contributed by atoms with E-state index >= 15 is 0 Å². The van der Waals surface area contributed by atoms with Crippen molar-refractivity contribution in [3.8, 4) is 0 Å². The lowest BCUT2D eigenvalue weighted by atomic mass is 9.91. The Morgan fingerprint density at radius 2 is 2.05 bits per heavy atom. The number of piperidine rings is 1. The Bertz CT molecular complexity index is 519. The summed E-state index contributed by atoms with van der Waals surface area (Å²) in [4.78, 5) is 18.3. The van der Waals surface area contributed by atoms with Crippen molar-refractivity contribution in [3.05, 3.63) is 22.8 Å². The van der Waals surface area contributed by atoms with E-state index in [1.165, 1.54) is 0 Å². The lowest BCUT2D eigenvalue weighted by Gasteiger charge is -2.37. The average molecular weight is 372 g/mol. The molecule has 1 aliphatic heterocycles. The van der Waals surface area contributed by atoms with Crippen molar-refractivity contribution >= 4 is 27.7 Å². The molecule has 0 saturated carbocycles. The molecule has 1 aliphatic rings. The number of hydrogen-bond donors (Lipinski definition) is 1. The standard InChI is InChI=1S/C16H23BrFN3O/c1-15(2,3)14(22)20-11-16(18)6-8-21(9-7-16)13-5-4-12(17)10-19-13/h4-5,10H,6-9,11H2,1-3H3,(H,20,22). The van der Waals surface area contributed by atoms with Gasteiger partial charge in [-0.3, -0.25) is 4.79 Å². The van der Waals surface area contributed by atoms with Gasteiger partial charge in [0.25, 0.3) is 0 Å². The summed E-state index contributed by atoms with van der Waals surface area (Å²) in [7, 11) is 0. The first-order chi connectivity index (χ1) is 10.2. The van der Waals surface area contributed by atoms with Crippen LogP contribution < -0.4 is 10.2 Å². The number of nitrogens with one attached hydrogen (secondary N) is 1. The minimum absolute atomic E-state index is 0.0880. The van der Waals surface area contributed by atoms with E-state index in [0.717, 1.165) is 10.3 Å². The third kappa shape index (κ3) is 4.41. The second-order valence-corrected chi connectivity index (χ2v) is 7.82. The van der Waals surface area contributed by atoms with Crippen LogP contribution in [0.15, 0.2) is 22.8 Å². The second kappa shape index (κ2) is 6.52. The zero-order valence-corrected chi connectivity index (χ0v) is 14.9. The lowest BCUT2D eigenvalue weighted by Crippen LogP contribution is -2.50. The van der Waals surface area contributed by atoms with Crippen LogP contribution in [0.3, 0.4) is 0 Å². The predicted molar refractivity (Wildman–Crippen MR) is 89.7 cm³/mol. The van der Waals surface area contributed by atoms with Gasteiger partial charge in [-0.15, -0.1) is 0 Å². The largest absolute Gasteiger partial charge is 0.356 e. The minimum atomic E-state index is -1.33. The van der Waals surface area contributed by atoms with Gasteiger partial charge in [-0.25, -0.2) is 9.37 Å². The van der Waals surface area contributed by atoms with E-state index in [1.54, 1.807) is 6.20 Å². The molecule has 1 N–H and O–H groups in total. The molecule has 0 atom stereocenters. The Hall–Kier alpha value is -1.17. The summed E-state index contributed by atoms with van der Waals surface area (Å²) in [6.45, 7) is 6.79. The first-order valence-corrected chi connectivity index (χ1v) is 8.33. The number of hydrogen-bond acceptors (Lipinski definition) is 3. The van der Waals surface area contributed by atoms with Gasteiger partial charge in [-0.1, -0.05) is 20.8 Å². The summed E-state index contributed by atoms with van der Waals surface area (Å²) < 4.78 is 15.7. The molecule has 1 saturated heterocycles. The van der Waals surface area contributed by atoms with Crippen LogP contribution in [-0.4, -0.2) is 36.2 Å². The molecule has 0 radical (unpaired) electrons. The van der Waals surface area contributed by atoms with Crippen LogP contribution >= 0.6 is 15.9 Å². The van der Waals surface area contributed by atoms with Crippen molar-refractivity contribution in [1.29, 1.82) is 0 Å². The zero-order valence-electron chi connectivity index (χ0n) is 13.3. The molecule has 0 spiro atoms. The zero-order chi connectivity index (χ0) is 16.4. The SMILES string of the molecule is CC(C)(C)C(=O)NCC1(F)CCN(c2ccc(Br)cn2)CC1. The summed E-state index contributed by atoms with van der Waals surface area (Å²) in [5.41, 5.74) is -1.81. The molecule has 22 heavy (non-hydrogen) atoms. The highest BCUT2D eigenvalue weighted by Gasteiger charge is 2.36. The number of aromatic nitrogens is 1. The van der Waals surface area contributed by atoms with Crippen molar-refractivity contribution in [2.75, 3.05) is 24.5 Å². The van der Waals surface area contributed by atoms with Gasteiger partial charge in [0.2, 0.25) is 5.91 Å². The van der Waals surface area contributed by atoms with Gasteiger partial charge in [-0.2, -0.15) is 0 Å². The van der Waals surface area contributed by atoms with Crippen LogP contribution in [0.2, 0.25) is 0 Å². The minimum Gasteiger partial charge on any atom is -0.356 e. The lowest BCUT2D eigenvalue weighted by molar-refractivity contribution is -0.129. The number of alkyl halides is 1. The molecule has 1 aromatic rings. The Morgan fingerprint density at radius 1 is 1.41 bits per heavy atom. The van der Waals surface area contributed by atoms with Crippen molar-refractivity contribution in [1.82, 2.24) is 10.3 Å². The number of nitrogens with zero attached hydrogens (tertiary/aromatic N) is 2. The predicted octanol–water partition coefficient (Wildman–Crippen LogP) is 3.31. The molecule has 0 aliphatic carbocycles. The maximum absolute atomic E-state index is 14.8. The summed E-state index contributed by atoms with van der Waals surface area (Å²) in [6, 6.07) is 3.86. The third-order valence-corrected chi connectivity index (χ3v) is 4.41. The molecule has 1 fully saturated rings. The molecule has 0 bridgehead atoms. The fraction of sp³-hybridized carbons (Fsp3) is 0.625. The smallest absolute Gasteiger partial charge is 0.225 e. The normalized spacial score (nSPS) is 18.1. The highest BCUT2D eigenvalue weighted by molar-refractivity contribution is 9.10. The van der Waals surface area contributed by atoms with E-state index in [0.29, 0.717) is 25.9 Å².